The highest BCUT2D eigenvalue weighted by atomic mass is 19.3. The van der Waals surface area contributed by atoms with Crippen molar-refractivity contribution in [3.8, 4) is 0 Å². The summed E-state index contributed by atoms with van der Waals surface area (Å²) >= 11 is 0. The molecule has 0 bridgehead atoms. The summed E-state index contributed by atoms with van der Waals surface area (Å²) in [5.41, 5.74) is 1.19. The van der Waals surface area contributed by atoms with E-state index in [0.717, 1.165) is 6.54 Å². The first-order chi connectivity index (χ1) is 7.58. The number of benzene rings is 1. The van der Waals surface area contributed by atoms with Crippen molar-refractivity contribution in [2.45, 2.75) is 25.8 Å². The second-order valence-electron chi connectivity index (χ2n) is 4.63. The van der Waals surface area contributed by atoms with Crippen molar-refractivity contribution in [1.29, 1.82) is 0 Å². The minimum atomic E-state index is -2.48. The molecule has 0 saturated carbocycles. The molecule has 1 atom stereocenters. The lowest BCUT2D eigenvalue weighted by atomic mass is 9.95. The summed E-state index contributed by atoms with van der Waals surface area (Å²) in [7, 11) is 0. The van der Waals surface area contributed by atoms with Gasteiger partial charge in [-0.1, -0.05) is 37.3 Å². The molecule has 1 heterocycles. The van der Waals surface area contributed by atoms with E-state index in [2.05, 4.69) is 4.90 Å². The number of halogens is 2. The third-order valence-electron chi connectivity index (χ3n) is 3.26. The average molecular weight is 225 g/mol. The van der Waals surface area contributed by atoms with Crippen molar-refractivity contribution < 1.29 is 8.78 Å². The van der Waals surface area contributed by atoms with Crippen molar-refractivity contribution in [1.82, 2.24) is 4.90 Å². The van der Waals surface area contributed by atoms with Crippen LogP contribution in [0.5, 0.6) is 0 Å². The van der Waals surface area contributed by atoms with Crippen molar-refractivity contribution in [3.63, 3.8) is 0 Å². The molecular formula is C13H17F2N. The summed E-state index contributed by atoms with van der Waals surface area (Å²) in [6, 6.07) is 10.0. The van der Waals surface area contributed by atoms with Crippen LogP contribution in [0.25, 0.3) is 0 Å². The first-order valence-electron chi connectivity index (χ1n) is 5.72. The molecule has 1 fully saturated rings. The molecule has 0 spiro atoms. The Morgan fingerprint density at radius 1 is 1.31 bits per heavy atom. The third-order valence-corrected chi connectivity index (χ3v) is 3.26. The molecule has 0 aromatic heterocycles. The maximum absolute atomic E-state index is 13.3. The largest absolute Gasteiger partial charge is 0.298 e. The Balaban J connectivity index is 1.94. The van der Waals surface area contributed by atoms with Crippen molar-refractivity contribution in [2.75, 3.05) is 13.1 Å². The smallest absolute Gasteiger partial charge is 0.253 e. The third kappa shape index (κ3) is 2.59. The molecule has 0 aliphatic carbocycles. The number of piperidine rings is 1. The van der Waals surface area contributed by atoms with Crippen LogP contribution in [0.1, 0.15) is 18.9 Å². The Morgan fingerprint density at radius 2 is 2.00 bits per heavy atom. The van der Waals surface area contributed by atoms with Gasteiger partial charge in [-0.05, 0) is 5.56 Å². The van der Waals surface area contributed by atoms with Crippen LogP contribution >= 0.6 is 0 Å². The lowest BCUT2D eigenvalue weighted by Crippen LogP contribution is -2.45. The molecule has 16 heavy (non-hydrogen) atoms. The normalized spacial score (nSPS) is 25.6. The van der Waals surface area contributed by atoms with Gasteiger partial charge < -0.3 is 0 Å². The van der Waals surface area contributed by atoms with E-state index in [0.29, 0.717) is 13.1 Å². The topological polar surface area (TPSA) is 3.24 Å². The maximum atomic E-state index is 13.3. The highest BCUT2D eigenvalue weighted by Gasteiger charge is 2.40. The number of nitrogens with zero attached hydrogens (tertiary/aromatic N) is 1. The Kier molecular flexibility index (Phi) is 3.24. The average Bonchev–Trinajstić information content (AvgIpc) is 2.26. The molecule has 88 valence electrons. The van der Waals surface area contributed by atoms with Crippen LogP contribution in [0.2, 0.25) is 0 Å². The first kappa shape index (κ1) is 11.5. The van der Waals surface area contributed by atoms with Gasteiger partial charge in [0.25, 0.3) is 5.92 Å². The standard InChI is InChI=1S/C13H17F2N/c1-11-9-16(8-7-13(11,14)15)10-12-5-3-2-4-6-12/h2-6,11H,7-10H2,1H3/t11-/m1/s1. The minimum absolute atomic E-state index is 0.0129. The first-order valence-corrected chi connectivity index (χ1v) is 5.72. The summed E-state index contributed by atoms with van der Waals surface area (Å²) < 4.78 is 26.6. The maximum Gasteiger partial charge on any atom is 0.253 e. The van der Waals surface area contributed by atoms with Gasteiger partial charge in [0.05, 0.1) is 0 Å². The fraction of sp³-hybridized carbons (Fsp3) is 0.538. The molecule has 1 aliphatic rings. The quantitative estimate of drug-likeness (QED) is 0.747. The highest BCUT2D eigenvalue weighted by molar-refractivity contribution is 5.14. The van der Waals surface area contributed by atoms with E-state index in [-0.39, 0.29) is 6.42 Å². The van der Waals surface area contributed by atoms with Crippen molar-refractivity contribution in [3.05, 3.63) is 35.9 Å². The van der Waals surface area contributed by atoms with Gasteiger partial charge in [-0.25, -0.2) is 8.78 Å². The molecule has 1 aliphatic heterocycles. The van der Waals surface area contributed by atoms with Crippen molar-refractivity contribution >= 4 is 0 Å². The summed E-state index contributed by atoms with van der Waals surface area (Å²) in [5, 5.41) is 0. The fourth-order valence-corrected chi connectivity index (χ4v) is 2.15. The van der Waals surface area contributed by atoms with Crippen LogP contribution < -0.4 is 0 Å². The lowest BCUT2D eigenvalue weighted by molar-refractivity contribution is -0.100. The molecule has 1 nitrogen and oxygen atoms in total. The number of hydrogen-bond acceptors (Lipinski definition) is 1. The molecule has 1 aromatic rings. The summed E-state index contributed by atoms with van der Waals surface area (Å²) in [6.45, 7) is 3.40. The van der Waals surface area contributed by atoms with Gasteiger partial charge in [-0.3, -0.25) is 4.90 Å². The fourth-order valence-electron chi connectivity index (χ4n) is 2.15. The van der Waals surface area contributed by atoms with Crippen LogP contribution in [-0.4, -0.2) is 23.9 Å². The molecule has 2 rings (SSSR count). The molecule has 0 amide bonds. The van der Waals surface area contributed by atoms with Gasteiger partial charge >= 0.3 is 0 Å². The van der Waals surface area contributed by atoms with Crippen LogP contribution in [-0.2, 0) is 6.54 Å². The second-order valence-corrected chi connectivity index (χ2v) is 4.63. The zero-order valence-corrected chi connectivity index (χ0v) is 9.50. The molecule has 3 heteroatoms. The molecule has 0 radical (unpaired) electrons. The van der Waals surface area contributed by atoms with Crippen molar-refractivity contribution in [2.24, 2.45) is 5.92 Å². The molecule has 0 N–H and O–H groups in total. The SMILES string of the molecule is C[C@@H]1CN(Cc2ccccc2)CCC1(F)F. The number of hydrogen-bond donors (Lipinski definition) is 0. The summed E-state index contributed by atoms with van der Waals surface area (Å²) in [5.74, 6) is -3.02. The molecular weight excluding hydrogens is 208 g/mol. The molecule has 0 unspecified atom stereocenters. The van der Waals surface area contributed by atoms with E-state index in [1.807, 2.05) is 30.3 Å². The van der Waals surface area contributed by atoms with Crippen LogP contribution in [0.4, 0.5) is 8.78 Å². The van der Waals surface area contributed by atoms with E-state index >= 15 is 0 Å². The Hall–Kier alpha value is -0.960. The Labute approximate surface area is 95.1 Å². The van der Waals surface area contributed by atoms with E-state index < -0.39 is 11.8 Å². The summed E-state index contributed by atoms with van der Waals surface area (Å²) in [6.07, 6.45) is -0.0129. The predicted molar refractivity (Wildman–Crippen MR) is 60.4 cm³/mol. The van der Waals surface area contributed by atoms with E-state index in [9.17, 15) is 8.78 Å². The van der Waals surface area contributed by atoms with Crippen LogP contribution in [0.15, 0.2) is 30.3 Å². The minimum Gasteiger partial charge on any atom is -0.298 e. The monoisotopic (exact) mass is 225 g/mol. The van der Waals surface area contributed by atoms with E-state index in [1.165, 1.54) is 5.56 Å². The number of alkyl halides is 2. The van der Waals surface area contributed by atoms with Gasteiger partial charge in [0, 0.05) is 32.0 Å². The van der Waals surface area contributed by atoms with Gasteiger partial charge in [0.1, 0.15) is 0 Å². The van der Waals surface area contributed by atoms with Gasteiger partial charge in [-0.2, -0.15) is 0 Å². The predicted octanol–water partition coefficient (Wildman–Crippen LogP) is 3.16. The summed E-state index contributed by atoms with van der Waals surface area (Å²) in [4.78, 5) is 2.11. The van der Waals surface area contributed by atoms with Crippen LogP contribution in [0.3, 0.4) is 0 Å². The Morgan fingerprint density at radius 3 is 2.62 bits per heavy atom. The molecule has 1 saturated heterocycles. The Bertz CT molecular complexity index is 337. The van der Waals surface area contributed by atoms with E-state index in [1.54, 1.807) is 6.92 Å². The lowest BCUT2D eigenvalue weighted by Gasteiger charge is -2.36. The van der Waals surface area contributed by atoms with Crippen LogP contribution in [0, 0.1) is 5.92 Å². The zero-order chi connectivity index (χ0) is 11.6. The van der Waals surface area contributed by atoms with Gasteiger partial charge in [-0.15, -0.1) is 0 Å². The second kappa shape index (κ2) is 4.50. The highest BCUT2D eigenvalue weighted by Crippen LogP contribution is 2.33. The number of likely N-dealkylation sites (tertiary alicyclic amines) is 1. The zero-order valence-electron chi connectivity index (χ0n) is 9.50. The van der Waals surface area contributed by atoms with Gasteiger partial charge in [0.15, 0.2) is 0 Å². The number of rotatable bonds is 2. The van der Waals surface area contributed by atoms with Gasteiger partial charge in [0.2, 0.25) is 0 Å². The van der Waals surface area contributed by atoms with E-state index in [4.69, 9.17) is 0 Å². The molecule has 1 aromatic carbocycles.